The van der Waals surface area contributed by atoms with Crippen molar-refractivity contribution >= 4 is 17.8 Å². The monoisotopic (exact) mass is 353 g/mol. The number of carbonyl (C=O) groups is 1. The lowest BCUT2D eigenvalue weighted by Crippen LogP contribution is -2.42. The largest absolute Gasteiger partial charge is 0.485 e. The lowest BCUT2D eigenvalue weighted by molar-refractivity contribution is -0.130. The Labute approximate surface area is 153 Å². The standard InChI is InChI=1S/C20H23N3O3/c1-3-23(4-2)16-11-9-15(10-12-16)13-21-22-20(24)19-14-25-17-7-5-6-8-18(17)26-19/h5-13,19H,3-4,14H2,1-2H3,(H,22,24)/b21-13-/t19-/m0/s1. The van der Waals surface area contributed by atoms with Crippen molar-refractivity contribution in [1.29, 1.82) is 0 Å². The Morgan fingerprint density at radius 3 is 2.54 bits per heavy atom. The van der Waals surface area contributed by atoms with Crippen LogP contribution >= 0.6 is 0 Å². The van der Waals surface area contributed by atoms with Crippen molar-refractivity contribution in [3.63, 3.8) is 0 Å². The van der Waals surface area contributed by atoms with E-state index < -0.39 is 6.10 Å². The Morgan fingerprint density at radius 2 is 1.85 bits per heavy atom. The van der Waals surface area contributed by atoms with Crippen LogP contribution < -0.4 is 19.8 Å². The van der Waals surface area contributed by atoms with Gasteiger partial charge in [-0.3, -0.25) is 4.79 Å². The summed E-state index contributed by atoms with van der Waals surface area (Å²) in [5.41, 5.74) is 4.59. The lowest BCUT2D eigenvalue weighted by Gasteiger charge is -2.24. The molecule has 1 N–H and O–H groups in total. The van der Waals surface area contributed by atoms with E-state index in [1.165, 1.54) is 5.69 Å². The maximum atomic E-state index is 12.2. The molecule has 6 nitrogen and oxygen atoms in total. The summed E-state index contributed by atoms with van der Waals surface area (Å²) in [6.45, 7) is 6.35. The minimum atomic E-state index is -0.716. The van der Waals surface area contributed by atoms with Crippen LogP contribution in [-0.4, -0.2) is 37.9 Å². The first-order valence-electron chi connectivity index (χ1n) is 8.77. The third-order valence-electron chi connectivity index (χ3n) is 4.21. The molecular formula is C20H23N3O3. The molecule has 0 saturated heterocycles. The van der Waals surface area contributed by atoms with E-state index in [0.717, 1.165) is 18.7 Å². The zero-order valence-electron chi connectivity index (χ0n) is 15.0. The SMILES string of the molecule is CCN(CC)c1ccc(/C=N\NC(=O)[C@@H]2COc3ccccc3O2)cc1. The Balaban J connectivity index is 1.54. The van der Waals surface area contributed by atoms with Gasteiger partial charge in [-0.15, -0.1) is 0 Å². The van der Waals surface area contributed by atoms with Crippen LogP contribution in [-0.2, 0) is 4.79 Å². The van der Waals surface area contributed by atoms with Crippen LogP contribution in [0.4, 0.5) is 5.69 Å². The van der Waals surface area contributed by atoms with Gasteiger partial charge in [-0.2, -0.15) is 5.10 Å². The van der Waals surface area contributed by atoms with Crippen molar-refractivity contribution in [2.75, 3.05) is 24.6 Å². The number of nitrogens with one attached hydrogen (secondary N) is 1. The van der Waals surface area contributed by atoms with Crippen LogP contribution in [0.2, 0.25) is 0 Å². The van der Waals surface area contributed by atoms with Crippen LogP contribution in [0.15, 0.2) is 53.6 Å². The third-order valence-corrected chi connectivity index (χ3v) is 4.21. The predicted octanol–water partition coefficient (Wildman–Crippen LogP) is 2.82. The molecule has 136 valence electrons. The highest BCUT2D eigenvalue weighted by molar-refractivity contribution is 5.85. The number of nitrogens with zero attached hydrogens (tertiary/aromatic N) is 2. The van der Waals surface area contributed by atoms with Crippen LogP contribution in [0.5, 0.6) is 11.5 Å². The van der Waals surface area contributed by atoms with Gasteiger partial charge in [0.15, 0.2) is 11.5 Å². The first-order chi connectivity index (χ1) is 12.7. The van der Waals surface area contributed by atoms with E-state index >= 15 is 0 Å². The van der Waals surface area contributed by atoms with E-state index in [1.54, 1.807) is 12.3 Å². The molecule has 26 heavy (non-hydrogen) atoms. The van der Waals surface area contributed by atoms with Gasteiger partial charge in [-0.1, -0.05) is 24.3 Å². The van der Waals surface area contributed by atoms with Crippen LogP contribution in [0.1, 0.15) is 19.4 Å². The van der Waals surface area contributed by atoms with Gasteiger partial charge in [0.2, 0.25) is 6.10 Å². The van der Waals surface area contributed by atoms with E-state index in [0.29, 0.717) is 11.5 Å². The number of ether oxygens (including phenoxy) is 2. The molecule has 2 aromatic rings. The highest BCUT2D eigenvalue weighted by atomic mass is 16.6. The van der Waals surface area contributed by atoms with Gasteiger partial charge in [0, 0.05) is 18.8 Å². The maximum absolute atomic E-state index is 12.2. The van der Waals surface area contributed by atoms with Crippen molar-refractivity contribution < 1.29 is 14.3 Å². The second-order valence-electron chi connectivity index (χ2n) is 5.86. The summed E-state index contributed by atoms with van der Waals surface area (Å²) in [5.74, 6) is 0.874. The average molecular weight is 353 g/mol. The normalized spacial score (nSPS) is 15.7. The third kappa shape index (κ3) is 4.14. The summed E-state index contributed by atoms with van der Waals surface area (Å²) < 4.78 is 11.2. The number of fused-ring (bicyclic) bond motifs is 1. The van der Waals surface area contributed by atoms with Gasteiger partial charge in [0.05, 0.1) is 6.21 Å². The van der Waals surface area contributed by atoms with Crippen LogP contribution in [0, 0.1) is 0 Å². The molecular weight excluding hydrogens is 330 g/mol. The van der Waals surface area contributed by atoms with Gasteiger partial charge < -0.3 is 14.4 Å². The molecule has 0 aliphatic carbocycles. The van der Waals surface area contributed by atoms with Crippen molar-refractivity contribution in [2.45, 2.75) is 20.0 Å². The number of benzene rings is 2. The summed E-state index contributed by atoms with van der Waals surface area (Å²) >= 11 is 0. The van der Waals surface area contributed by atoms with Gasteiger partial charge in [-0.05, 0) is 43.7 Å². The highest BCUT2D eigenvalue weighted by Crippen LogP contribution is 2.30. The predicted molar refractivity (Wildman–Crippen MR) is 102 cm³/mol. The summed E-state index contributed by atoms with van der Waals surface area (Å²) in [7, 11) is 0. The van der Waals surface area contributed by atoms with Crippen molar-refractivity contribution in [3.8, 4) is 11.5 Å². The number of carbonyl (C=O) groups excluding carboxylic acids is 1. The van der Waals surface area contributed by atoms with E-state index in [2.05, 4.69) is 29.3 Å². The fourth-order valence-corrected chi connectivity index (χ4v) is 2.75. The smallest absolute Gasteiger partial charge is 0.284 e. The number of hydrogen-bond acceptors (Lipinski definition) is 5. The summed E-state index contributed by atoms with van der Waals surface area (Å²) in [5, 5.41) is 4.01. The van der Waals surface area contributed by atoms with Gasteiger partial charge in [-0.25, -0.2) is 5.43 Å². The summed E-state index contributed by atoms with van der Waals surface area (Å²) in [6, 6.07) is 15.3. The Bertz CT molecular complexity index is 770. The van der Waals surface area contributed by atoms with Crippen molar-refractivity contribution in [2.24, 2.45) is 5.10 Å². The highest BCUT2D eigenvalue weighted by Gasteiger charge is 2.26. The molecule has 6 heteroatoms. The van der Waals surface area contributed by atoms with E-state index in [9.17, 15) is 4.79 Å². The number of para-hydroxylation sites is 2. The summed E-state index contributed by atoms with van der Waals surface area (Å²) in [6.07, 6.45) is 0.897. The van der Waals surface area contributed by atoms with Crippen molar-refractivity contribution in [3.05, 3.63) is 54.1 Å². The molecule has 1 aliphatic rings. The van der Waals surface area contributed by atoms with E-state index in [4.69, 9.17) is 9.47 Å². The second kappa shape index (κ2) is 8.38. The Kier molecular flexibility index (Phi) is 5.73. The quantitative estimate of drug-likeness (QED) is 0.641. The molecule has 2 aromatic carbocycles. The minimum Gasteiger partial charge on any atom is -0.485 e. The molecule has 1 aliphatic heterocycles. The number of rotatable bonds is 6. The number of anilines is 1. The molecule has 0 unspecified atom stereocenters. The molecule has 3 rings (SSSR count). The van der Waals surface area contributed by atoms with Gasteiger partial charge in [0.25, 0.3) is 5.91 Å². The molecule has 0 saturated carbocycles. The maximum Gasteiger partial charge on any atom is 0.284 e. The molecule has 0 bridgehead atoms. The molecule has 1 heterocycles. The Hall–Kier alpha value is -3.02. The number of hydrazone groups is 1. The minimum absolute atomic E-state index is 0.164. The van der Waals surface area contributed by atoms with Crippen LogP contribution in [0.25, 0.3) is 0 Å². The first kappa shape index (κ1) is 17.8. The summed E-state index contributed by atoms with van der Waals surface area (Å²) in [4.78, 5) is 14.4. The average Bonchev–Trinajstić information content (AvgIpc) is 2.69. The van der Waals surface area contributed by atoms with Crippen molar-refractivity contribution in [1.82, 2.24) is 5.43 Å². The zero-order valence-corrected chi connectivity index (χ0v) is 15.0. The first-order valence-corrected chi connectivity index (χ1v) is 8.77. The van der Waals surface area contributed by atoms with Crippen LogP contribution in [0.3, 0.4) is 0 Å². The van der Waals surface area contributed by atoms with Gasteiger partial charge >= 0.3 is 0 Å². The molecule has 0 spiro atoms. The Morgan fingerprint density at radius 1 is 1.15 bits per heavy atom. The fraction of sp³-hybridized carbons (Fsp3) is 0.300. The topological polar surface area (TPSA) is 63.2 Å². The molecule has 0 radical (unpaired) electrons. The van der Waals surface area contributed by atoms with E-state index in [1.807, 2.05) is 42.5 Å². The molecule has 1 amide bonds. The van der Waals surface area contributed by atoms with E-state index in [-0.39, 0.29) is 12.5 Å². The molecule has 1 atom stereocenters. The number of hydrogen-bond donors (Lipinski definition) is 1. The lowest BCUT2D eigenvalue weighted by atomic mass is 10.2. The number of amides is 1. The van der Waals surface area contributed by atoms with Gasteiger partial charge in [0.1, 0.15) is 6.61 Å². The fourth-order valence-electron chi connectivity index (χ4n) is 2.75. The molecule has 0 fully saturated rings. The second-order valence-corrected chi connectivity index (χ2v) is 5.86. The zero-order chi connectivity index (χ0) is 18.4. The molecule has 0 aromatic heterocycles.